The van der Waals surface area contributed by atoms with Crippen LogP contribution < -0.4 is 10.1 Å². The van der Waals surface area contributed by atoms with Crippen LogP contribution in [-0.4, -0.2) is 21.4 Å². The molecular formula is C13H14N4O3. The van der Waals surface area contributed by atoms with Crippen molar-refractivity contribution in [2.45, 2.75) is 13.5 Å². The van der Waals surface area contributed by atoms with Gasteiger partial charge < -0.3 is 10.1 Å². The van der Waals surface area contributed by atoms with Crippen LogP contribution in [0.3, 0.4) is 0 Å². The van der Waals surface area contributed by atoms with Gasteiger partial charge in [0.15, 0.2) is 0 Å². The van der Waals surface area contributed by atoms with Crippen molar-refractivity contribution < 1.29 is 9.66 Å². The molecule has 1 N–H and O–H groups in total. The smallest absolute Gasteiger partial charge is 0.372 e. The van der Waals surface area contributed by atoms with Crippen LogP contribution in [0, 0.1) is 10.1 Å². The zero-order chi connectivity index (χ0) is 14.4. The molecule has 0 radical (unpaired) electrons. The van der Waals surface area contributed by atoms with E-state index in [1.807, 2.05) is 37.3 Å². The second-order valence-corrected chi connectivity index (χ2v) is 3.94. The minimum absolute atomic E-state index is 0.0372. The third kappa shape index (κ3) is 3.19. The lowest BCUT2D eigenvalue weighted by molar-refractivity contribution is -0.385. The van der Waals surface area contributed by atoms with E-state index in [-0.39, 0.29) is 24.0 Å². The predicted molar refractivity (Wildman–Crippen MR) is 73.6 cm³/mol. The van der Waals surface area contributed by atoms with Gasteiger partial charge in [0.05, 0.1) is 4.92 Å². The van der Waals surface area contributed by atoms with Crippen LogP contribution in [0.5, 0.6) is 5.88 Å². The molecule has 1 aromatic heterocycles. The Morgan fingerprint density at radius 3 is 2.70 bits per heavy atom. The molecule has 0 saturated heterocycles. The number of nitrogens with one attached hydrogen (secondary N) is 1. The topological polar surface area (TPSA) is 90.2 Å². The fourth-order valence-electron chi connectivity index (χ4n) is 1.66. The number of rotatable bonds is 6. The number of anilines is 1. The van der Waals surface area contributed by atoms with Gasteiger partial charge >= 0.3 is 5.69 Å². The van der Waals surface area contributed by atoms with Gasteiger partial charge in [-0.1, -0.05) is 30.3 Å². The SMILES string of the molecule is CCNc1ncnc(OCc2ccccc2)c1[N+](=O)[O-]. The minimum Gasteiger partial charge on any atom is -0.468 e. The molecule has 0 atom stereocenters. The van der Waals surface area contributed by atoms with E-state index < -0.39 is 4.92 Å². The van der Waals surface area contributed by atoms with Gasteiger partial charge in [0.25, 0.3) is 5.88 Å². The van der Waals surface area contributed by atoms with Crippen molar-refractivity contribution >= 4 is 11.5 Å². The number of aromatic nitrogens is 2. The summed E-state index contributed by atoms with van der Waals surface area (Å²) in [5.74, 6) is 0.125. The summed E-state index contributed by atoms with van der Waals surface area (Å²) < 4.78 is 5.44. The van der Waals surface area contributed by atoms with Crippen molar-refractivity contribution in [2.75, 3.05) is 11.9 Å². The van der Waals surface area contributed by atoms with E-state index in [0.717, 1.165) is 5.56 Å². The first-order valence-corrected chi connectivity index (χ1v) is 6.12. The Labute approximate surface area is 115 Å². The Hall–Kier alpha value is -2.70. The summed E-state index contributed by atoms with van der Waals surface area (Å²) in [6.45, 7) is 2.57. The first kappa shape index (κ1) is 13.7. The van der Waals surface area contributed by atoms with E-state index in [4.69, 9.17) is 4.74 Å². The van der Waals surface area contributed by atoms with Crippen molar-refractivity contribution in [1.82, 2.24) is 9.97 Å². The lowest BCUT2D eigenvalue weighted by atomic mass is 10.2. The summed E-state index contributed by atoms with van der Waals surface area (Å²) >= 11 is 0. The second-order valence-electron chi connectivity index (χ2n) is 3.94. The zero-order valence-electron chi connectivity index (χ0n) is 10.9. The third-order valence-corrected chi connectivity index (χ3v) is 2.53. The van der Waals surface area contributed by atoms with Gasteiger partial charge in [-0.25, -0.2) is 4.98 Å². The Kier molecular flexibility index (Phi) is 4.43. The van der Waals surface area contributed by atoms with E-state index in [2.05, 4.69) is 15.3 Å². The first-order valence-electron chi connectivity index (χ1n) is 6.12. The largest absolute Gasteiger partial charge is 0.468 e. The maximum Gasteiger partial charge on any atom is 0.372 e. The molecule has 0 spiro atoms. The van der Waals surface area contributed by atoms with Gasteiger partial charge in [-0.2, -0.15) is 4.98 Å². The average Bonchev–Trinajstić information content (AvgIpc) is 2.46. The Morgan fingerprint density at radius 1 is 1.30 bits per heavy atom. The van der Waals surface area contributed by atoms with Crippen molar-refractivity contribution in [3.63, 3.8) is 0 Å². The molecule has 0 fully saturated rings. The molecule has 0 aliphatic rings. The van der Waals surface area contributed by atoms with Crippen LogP contribution in [0.1, 0.15) is 12.5 Å². The summed E-state index contributed by atoms with van der Waals surface area (Å²) in [7, 11) is 0. The molecule has 7 heteroatoms. The summed E-state index contributed by atoms with van der Waals surface area (Å²) in [5, 5.41) is 14.0. The molecule has 7 nitrogen and oxygen atoms in total. The van der Waals surface area contributed by atoms with Crippen molar-refractivity contribution in [1.29, 1.82) is 0 Å². The fourth-order valence-corrected chi connectivity index (χ4v) is 1.66. The van der Waals surface area contributed by atoms with E-state index >= 15 is 0 Å². The number of nitro groups is 1. The number of nitrogens with zero attached hydrogens (tertiary/aromatic N) is 3. The quantitative estimate of drug-likeness (QED) is 0.642. The van der Waals surface area contributed by atoms with Crippen molar-refractivity contribution in [3.8, 4) is 5.88 Å². The molecule has 0 bridgehead atoms. The van der Waals surface area contributed by atoms with Crippen LogP contribution in [0.4, 0.5) is 11.5 Å². The summed E-state index contributed by atoms with van der Waals surface area (Å²) in [6.07, 6.45) is 1.24. The standard InChI is InChI=1S/C13H14N4O3/c1-2-14-12-11(17(18)19)13(16-9-15-12)20-8-10-6-4-3-5-7-10/h3-7,9H,2,8H2,1H3,(H,14,15,16). The van der Waals surface area contributed by atoms with Crippen LogP contribution in [0.25, 0.3) is 0 Å². The highest BCUT2D eigenvalue weighted by Gasteiger charge is 2.24. The minimum atomic E-state index is -0.543. The lowest BCUT2D eigenvalue weighted by Gasteiger charge is -2.08. The monoisotopic (exact) mass is 274 g/mol. The van der Waals surface area contributed by atoms with Crippen molar-refractivity contribution in [3.05, 3.63) is 52.3 Å². The molecule has 0 unspecified atom stereocenters. The molecule has 104 valence electrons. The Morgan fingerprint density at radius 2 is 2.05 bits per heavy atom. The number of ether oxygens (including phenoxy) is 1. The fraction of sp³-hybridized carbons (Fsp3) is 0.231. The van der Waals surface area contributed by atoms with Gasteiger partial charge in [-0.15, -0.1) is 0 Å². The van der Waals surface area contributed by atoms with E-state index in [9.17, 15) is 10.1 Å². The zero-order valence-corrected chi connectivity index (χ0v) is 10.9. The van der Waals surface area contributed by atoms with Crippen molar-refractivity contribution in [2.24, 2.45) is 0 Å². The van der Waals surface area contributed by atoms with Crippen LogP contribution in [-0.2, 0) is 6.61 Å². The highest BCUT2D eigenvalue weighted by molar-refractivity contribution is 5.60. The van der Waals surface area contributed by atoms with Gasteiger partial charge in [0, 0.05) is 6.54 Å². The highest BCUT2D eigenvalue weighted by Crippen LogP contribution is 2.31. The second kappa shape index (κ2) is 6.46. The molecule has 2 rings (SSSR count). The molecule has 0 aliphatic carbocycles. The number of hydrogen-bond donors (Lipinski definition) is 1. The normalized spacial score (nSPS) is 10.1. The summed E-state index contributed by atoms with van der Waals surface area (Å²) in [4.78, 5) is 18.3. The average molecular weight is 274 g/mol. The third-order valence-electron chi connectivity index (χ3n) is 2.53. The Bertz CT molecular complexity index is 589. The molecule has 1 heterocycles. The van der Waals surface area contributed by atoms with E-state index in [1.54, 1.807) is 0 Å². The lowest BCUT2D eigenvalue weighted by Crippen LogP contribution is -2.07. The van der Waals surface area contributed by atoms with Crippen LogP contribution >= 0.6 is 0 Å². The van der Waals surface area contributed by atoms with Crippen LogP contribution in [0.2, 0.25) is 0 Å². The van der Waals surface area contributed by atoms with Gasteiger partial charge in [0.2, 0.25) is 5.82 Å². The summed E-state index contributed by atoms with van der Waals surface area (Å²) in [5.41, 5.74) is 0.663. The molecular weight excluding hydrogens is 260 g/mol. The Balaban J connectivity index is 2.22. The molecule has 20 heavy (non-hydrogen) atoms. The highest BCUT2D eigenvalue weighted by atomic mass is 16.6. The van der Waals surface area contributed by atoms with E-state index in [0.29, 0.717) is 6.54 Å². The number of hydrogen-bond acceptors (Lipinski definition) is 6. The molecule has 0 amide bonds. The van der Waals surface area contributed by atoms with E-state index in [1.165, 1.54) is 6.33 Å². The van der Waals surface area contributed by atoms with Gasteiger partial charge in [-0.3, -0.25) is 10.1 Å². The molecule has 1 aromatic carbocycles. The molecule has 0 saturated carbocycles. The molecule has 2 aromatic rings. The number of benzene rings is 1. The molecule has 0 aliphatic heterocycles. The van der Waals surface area contributed by atoms with Gasteiger partial charge in [0.1, 0.15) is 12.9 Å². The predicted octanol–water partition coefficient (Wildman–Crippen LogP) is 2.40. The maximum absolute atomic E-state index is 11.1. The maximum atomic E-state index is 11.1. The van der Waals surface area contributed by atoms with Crippen LogP contribution in [0.15, 0.2) is 36.7 Å². The summed E-state index contributed by atoms with van der Waals surface area (Å²) in [6, 6.07) is 9.38. The van der Waals surface area contributed by atoms with Gasteiger partial charge in [-0.05, 0) is 12.5 Å². The first-order chi connectivity index (χ1) is 9.72.